The average Bonchev–Trinajstić information content (AvgIpc) is 2.47. The number of carbonyl (C=O) groups is 2. The second-order valence-electron chi connectivity index (χ2n) is 4.83. The number of unbranched alkanes of at least 4 members (excludes halogenated alkanes) is 1. The maximum absolute atomic E-state index is 12.0. The van der Waals surface area contributed by atoms with Crippen molar-refractivity contribution in [3.05, 3.63) is 35.4 Å². The van der Waals surface area contributed by atoms with Crippen molar-refractivity contribution in [1.82, 2.24) is 0 Å². The van der Waals surface area contributed by atoms with Crippen LogP contribution in [0.15, 0.2) is 24.3 Å². The van der Waals surface area contributed by atoms with Crippen LogP contribution in [0.4, 0.5) is 0 Å². The summed E-state index contributed by atoms with van der Waals surface area (Å²) in [6.07, 6.45) is 4.29. The van der Waals surface area contributed by atoms with Gasteiger partial charge >= 0.3 is 5.97 Å². The van der Waals surface area contributed by atoms with Crippen LogP contribution in [-0.4, -0.2) is 17.8 Å². The van der Waals surface area contributed by atoms with Crippen LogP contribution in [0.1, 0.15) is 60.2 Å². The summed E-state index contributed by atoms with van der Waals surface area (Å²) in [6.45, 7) is 4.62. The lowest BCUT2D eigenvalue weighted by Gasteiger charge is -2.15. The molecular weight excluding hydrogens is 276 g/mol. The van der Waals surface area contributed by atoms with Crippen molar-refractivity contribution < 1.29 is 14.3 Å². The quantitative estimate of drug-likeness (QED) is 0.526. The lowest BCUT2D eigenvalue weighted by atomic mass is 10.0. The molecule has 0 aliphatic rings. The number of carbonyl (C=O) groups excluding carboxylic acids is 2. The highest BCUT2D eigenvalue weighted by molar-refractivity contribution is 6.68. The van der Waals surface area contributed by atoms with E-state index in [2.05, 4.69) is 13.8 Å². The van der Waals surface area contributed by atoms with E-state index >= 15 is 0 Å². The van der Waals surface area contributed by atoms with Gasteiger partial charge in [-0.05, 0) is 36.1 Å². The van der Waals surface area contributed by atoms with E-state index < -0.39 is 11.2 Å². The number of rotatable bonds is 8. The molecule has 1 unspecified atom stereocenters. The number of ether oxygens (including phenoxy) is 1. The summed E-state index contributed by atoms with van der Waals surface area (Å²) < 4.78 is 5.32. The smallest absolute Gasteiger partial charge is 0.338 e. The maximum Gasteiger partial charge on any atom is 0.338 e. The van der Waals surface area contributed by atoms with Crippen molar-refractivity contribution in [2.45, 2.75) is 39.5 Å². The van der Waals surface area contributed by atoms with Gasteiger partial charge in [0, 0.05) is 5.56 Å². The van der Waals surface area contributed by atoms with Gasteiger partial charge in [0.1, 0.15) is 0 Å². The van der Waals surface area contributed by atoms with E-state index in [9.17, 15) is 9.59 Å². The van der Waals surface area contributed by atoms with Crippen molar-refractivity contribution in [3.8, 4) is 0 Å². The highest BCUT2D eigenvalue weighted by Gasteiger charge is 2.17. The van der Waals surface area contributed by atoms with E-state index in [1.165, 1.54) is 6.07 Å². The largest absolute Gasteiger partial charge is 0.462 e. The lowest BCUT2D eigenvalue weighted by molar-refractivity contribution is 0.0426. The first kappa shape index (κ1) is 16.7. The normalized spacial score (nSPS) is 11.9. The van der Waals surface area contributed by atoms with Gasteiger partial charge < -0.3 is 4.74 Å². The molecule has 1 aromatic rings. The molecule has 4 heteroatoms. The van der Waals surface area contributed by atoms with Crippen molar-refractivity contribution in [2.75, 3.05) is 6.61 Å². The molecular formula is C16H21ClO3. The third-order valence-electron chi connectivity index (χ3n) is 3.35. The van der Waals surface area contributed by atoms with E-state index in [0.29, 0.717) is 12.5 Å². The summed E-state index contributed by atoms with van der Waals surface area (Å²) in [7, 11) is 0. The SMILES string of the molecule is CCCCC(CC)COC(=O)c1ccccc1C(=O)Cl. The van der Waals surface area contributed by atoms with E-state index in [1.807, 2.05) is 0 Å². The van der Waals surface area contributed by atoms with Gasteiger partial charge in [-0.3, -0.25) is 4.79 Å². The Labute approximate surface area is 125 Å². The summed E-state index contributed by atoms with van der Waals surface area (Å²) in [4.78, 5) is 23.3. The fraction of sp³-hybridized carbons (Fsp3) is 0.500. The van der Waals surface area contributed by atoms with Crippen LogP contribution in [0.5, 0.6) is 0 Å². The molecule has 110 valence electrons. The zero-order valence-corrected chi connectivity index (χ0v) is 12.8. The third-order valence-corrected chi connectivity index (χ3v) is 3.56. The zero-order valence-electron chi connectivity index (χ0n) is 12.0. The van der Waals surface area contributed by atoms with Gasteiger partial charge in [0.15, 0.2) is 0 Å². The van der Waals surface area contributed by atoms with Crippen LogP contribution >= 0.6 is 11.6 Å². The fourth-order valence-corrected chi connectivity index (χ4v) is 2.17. The first-order chi connectivity index (χ1) is 9.60. The highest BCUT2D eigenvalue weighted by Crippen LogP contribution is 2.16. The molecule has 0 heterocycles. The Bertz CT molecular complexity index is 457. The van der Waals surface area contributed by atoms with Gasteiger partial charge in [0.2, 0.25) is 0 Å². The molecule has 0 amide bonds. The summed E-state index contributed by atoms with van der Waals surface area (Å²) in [5.41, 5.74) is 0.429. The molecule has 0 N–H and O–H groups in total. The fourth-order valence-electron chi connectivity index (χ4n) is 2.00. The Morgan fingerprint density at radius 2 is 1.85 bits per heavy atom. The van der Waals surface area contributed by atoms with Crippen LogP contribution in [0.2, 0.25) is 0 Å². The Morgan fingerprint density at radius 1 is 1.20 bits per heavy atom. The molecule has 0 aliphatic heterocycles. The predicted molar refractivity (Wildman–Crippen MR) is 80.2 cm³/mol. The molecule has 0 spiro atoms. The minimum absolute atomic E-state index is 0.195. The van der Waals surface area contributed by atoms with E-state index in [1.54, 1.807) is 18.2 Å². The van der Waals surface area contributed by atoms with Gasteiger partial charge in [-0.25, -0.2) is 4.79 Å². The zero-order chi connectivity index (χ0) is 15.0. The molecule has 20 heavy (non-hydrogen) atoms. The number of halogens is 1. The summed E-state index contributed by atoms with van der Waals surface area (Å²) >= 11 is 5.46. The van der Waals surface area contributed by atoms with Crippen LogP contribution in [0.3, 0.4) is 0 Å². The molecule has 0 radical (unpaired) electrons. The average molecular weight is 297 g/mol. The third kappa shape index (κ3) is 4.97. The number of benzene rings is 1. The van der Waals surface area contributed by atoms with Gasteiger partial charge in [0.05, 0.1) is 12.2 Å². The molecule has 0 fully saturated rings. The standard InChI is InChI=1S/C16H21ClO3/c1-3-5-8-12(4-2)11-20-16(19)14-10-7-6-9-13(14)15(17)18/h6-7,9-10,12H,3-5,8,11H2,1-2H3. The summed E-state index contributed by atoms with van der Waals surface area (Å²) in [6, 6.07) is 6.45. The van der Waals surface area contributed by atoms with Crippen LogP contribution < -0.4 is 0 Å². The molecule has 0 saturated carbocycles. The second-order valence-corrected chi connectivity index (χ2v) is 5.18. The van der Waals surface area contributed by atoms with E-state index in [0.717, 1.165) is 25.7 Å². The van der Waals surface area contributed by atoms with Crippen LogP contribution in [0, 0.1) is 5.92 Å². The van der Waals surface area contributed by atoms with Crippen LogP contribution in [-0.2, 0) is 4.74 Å². The predicted octanol–water partition coefficient (Wildman–Crippen LogP) is 4.44. The molecule has 1 atom stereocenters. The van der Waals surface area contributed by atoms with Crippen molar-refractivity contribution >= 4 is 22.8 Å². The van der Waals surface area contributed by atoms with E-state index in [4.69, 9.17) is 16.3 Å². The Morgan fingerprint density at radius 3 is 2.40 bits per heavy atom. The lowest BCUT2D eigenvalue weighted by Crippen LogP contribution is -2.15. The van der Waals surface area contributed by atoms with Gasteiger partial charge in [0.25, 0.3) is 5.24 Å². The van der Waals surface area contributed by atoms with Crippen LogP contribution in [0.25, 0.3) is 0 Å². The van der Waals surface area contributed by atoms with Crippen molar-refractivity contribution in [3.63, 3.8) is 0 Å². The van der Waals surface area contributed by atoms with E-state index in [-0.39, 0.29) is 11.1 Å². The second kappa shape index (κ2) is 8.75. The highest BCUT2D eigenvalue weighted by atomic mass is 35.5. The minimum atomic E-state index is -0.643. The molecule has 0 aromatic heterocycles. The van der Waals surface area contributed by atoms with Crippen molar-refractivity contribution in [2.24, 2.45) is 5.92 Å². The van der Waals surface area contributed by atoms with Gasteiger partial charge in [-0.15, -0.1) is 0 Å². The van der Waals surface area contributed by atoms with Crippen molar-refractivity contribution in [1.29, 1.82) is 0 Å². The number of esters is 1. The molecule has 0 bridgehead atoms. The van der Waals surface area contributed by atoms with Gasteiger partial charge in [-0.1, -0.05) is 45.2 Å². The number of hydrogen-bond donors (Lipinski definition) is 0. The van der Waals surface area contributed by atoms with Gasteiger partial charge in [-0.2, -0.15) is 0 Å². The first-order valence-corrected chi connectivity index (χ1v) is 7.43. The Balaban J connectivity index is 2.65. The molecule has 0 saturated heterocycles. The summed E-state index contributed by atoms with van der Waals surface area (Å²) in [5, 5.41) is -0.643. The molecule has 1 rings (SSSR count). The topological polar surface area (TPSA) is 43.4 Å². The monoisotopic (exact) mass is 296 g/mol. The summed E-state index contributed by atoms with van der Waals surface area (Å²) in [5.74, 6) is -0.109. The maximum atomic E-state index is 12.0. The minimum Gasteiger partial charge on any atom is -0.462 e. The Hall–Kier alpha value is -1.35. The molecule has 3 nitrogen and oxygen atoms in total. The molecule has 1 aromatic carbocycles. The first-order valence-electron chi connectivity index (χ1n) is 7.06. The molecule has 0 aliphatic carbocycles. The Kier molecular flexibility index (Phi) is 7.31. The number of hydrogen-bond acceptors (Lipinski definition) is 3.